The van der Waals surface area contributed by atoms with Gasteiger partial charge in [0.15, 0.2) is 0 Å². The molecule has 0 saturated carbocycles. The van der Waals surface area contributed by atoms with Crippen molar-refractivity contribution < 1.29 is 9.59 Å². The minimum atomic E-state index is -0.514. The second kappa shape index (κ2) is 5.09. The van der Waals surface area contributed by atoms with E-state index in [1.54, 1.807) is 22.5 Å². The first-order valence-corrected chi connectivity index (χ1v) is 6.89. The number of aryl methyl sites for hydroxylation is 1. The molecule has 5 heteroatoms. The molecule has 0 saturated heterocycles. The van der Waals surface area contributed by atoms with Crippen molar-refractivity contribution >= 4 is 17.5 Å². The van der Waals surface area contributed by atoms with Crippen molar-refractivity contribution in [3.8, 4) is 0 Å². The second-order valence-corrected chi connectivity index (χ2v) is 5.26. The molecule has 0 radical (unpaired) electrons. The third-order valence-corrected chi connectivity index (χ3v) is 3.89. The van der Waals surface area contributed by atoms with E-state index in [1.807, 2.05) is 43.6 Å². The number of fused-ring (bicyclic) bond motifs is 1. The lowest BCUT2D eigenvalue weighted by atomic mass is 10.1. The quantitative estimate of drug-likeness (QED) is 0.870. The lowest BCUT2D eigenvalue weighted by Gasteiger charge is -2.25. The van der Waals surface area contributed by atoms with Crippen LogP contribution in [0, 0.1) is 0 Å². The number of para-hydroxylation sites is 1. The smallest absolute Gasteiger partial charge is 0.271 e. The minimum absolute atomic E-state index is 0.137. The number of hydrogen-bond donors (Lipinski definition) is 1. The second-order valence-electron chi connectivity index (χ2n) is 5.26. The molecule has 1 N–H and O–H groups in total. The van der Waals surface area contributed by atoms with Crippen LogP contribution in [0.5, 0.6) is 0 Å². The fraction of sp³-hybridized carbons (Fsp3) is 0.250. The molecule has 5 nitrogen and oxygen atoms in total. The lowest BCUT2D eigenvalue weighted by Crippen LogP contribution is -2.43. The molecule has 0 aliphatic carbocycles. The molecule has 2 amide bonds. The van der Waals surface area contributed by atoms with Crippen molar-refractivity contribution in [3.05, 3.63) is 53.9 Å². The summed E-state index contributed by atoms with van der Waals surface area (Å²) in [5.74, 6) is -0.302. The van der Waals surface area contributed by atoms with Gasteiger partial charge in [-0.1, -0.05) is 18.2 Å². The van der Waals surface area contributed by atoms with Crippen LogP contribution in [0.1, 0.15) is 23.0 Å². The highest BCUT2D eigenvalue weighted by Gasteiger charge is 2.31. The molecule has 0 spiro atoms. The zero-order chi connectivity index (χ0) is 15.0. The number of hydrogen-bond acceptors (Lipinski definition) is 2. The summed E-state index contributed by atoms with van der Waals surface area (Å²) in [5, 5.41) is 2.88. The van der Waals surface area contributed by atoms with E-state index in [-0.39, 0.29) is 11.8 Å². The molecule has 0 fully saturated rings. The predicted octanol–water partition coefficient (Wildman–Crippen LogP) is 2.01. The lowest BCUT2D eigenvalue weighted by molar-refractivity contribution is -0.120. The summed E-state index contributed by atoms with van der Waals surface area (Å²) in [6, 6.07) is 10.6. The largest absolute Gasteiger partial charge is 0.347 e. The Hall–Kier alpha value is -2.56. The van der Waals surface area contributed by atoms with Crippen LogP contribution in [-0.4, -0.2) is 27.3 Å². The van der Waals surface area contributed by atoms with E-state index in [1.165, 1.54) is 0 Å². The van der Waals surface area contributed by atoms with E-state index in [2.05, 4.69) is 5.32 Å². The maximum Gasteiger partial charge on any atom is 0.271 e. The van der Waals surface area contributed by atoms with Crippen LogP contribution in [-0.2, 0) is 18.4 Å². The van der Waals surface area contributed by atoms with Crippen LogP contribution >= 0.6 is 0 Å². The Balaban J connectivity index is 2.00. The molecule has 3 rings (SSSR count). The average molecular weight is 283 g/mol. The van der Waals surface area contributed by atoms with E-state index in [9.17, 15) is 9.59 Å². The van der Waals surface area contributed by atoms with Gasteiger partial charge in [0.25, 0.3) is 5.91 Å². The molecule has 21 heavy (non-hydrogen) atoms. The van der Waals surface area contributed by atoms with E-state index in [0.29, 0.717) is 12.2 Å². The summed E-state index contributed by atoms with van der Waals surface area (Å²) in [7, 11) is 1.82. The van der Waals surface area contributed by atoms with Crippen molar-refractivity contribution in [1.29, 1.82) is 0 Å². The number of amides is 2. The van der Waals surface area contributed by atoms with Gasteiger partial charge in [0.1, 0.15) is 11.7 Å². The van der Waals surface area contributed by atoms with Gasteiger partial charge in [-0.3, -0.25) is 9.59 Å². The molecular weight excluding hydrogens is 266 g/mol. The number of carbonyl (C=O) groups excluding carboxylic acids is 2. The highest BCUT2D eigenvalue weighted by Crippen LogP contribution is 2.24. The summed E-state index contributed by atoms with van der Waals surface area (Å²) < 4.78 is 1.77. The van der Waals surface area contributed by atoms with E-state index >= 15 is 0 Å². The van der Waals surface area contributed by atoms with Crippen molar-refractivity contribution in [2.45, 2.75) is 19.5 Å². The van der Waals surface area contributed by atoms with Gasteiger partial charge in [-0.05, 0) is 30.7 Å². The fourth-order valence-electron chi connectivity index (χ4n) is 2.56. The topological polar surface area (TPSA) is 54.3 Å². The van der Waals surface area contributed by atoms with E-state index < -0.39 is 6.04 Å². The molecule has 2 aromatic rings. The zero-order valence-corrected chi connectivity index (χ0v) is 12.0. The molecule has 1 aliphatic rings. The van der Waals surface area contributed by atoms with Crippen molar-refractivity contribution in [1.82, 2.24) is 9.47 Å². The molecule has 1 aromatic carbocycles. The number of anilines is 1. The summed E-state index contributed by atoms with van der Waals surface area (Å²) in [6.45, 7) is 2.17. The highest BCUT2D eigenvalue weighted by atomic mass is 16.2. The van der Waals surface area contributed by atoms with Gasteiger partial charge in [-0.2, -0.15) is 0 Å². The van der Waals surface area contributed by atoms with Crippen molar-refractivity contribution in [2.24, 2.45) is 7.05 Å². The van der Waals surface area contributed by atoms with Crippen LogP contribution in [0.4, 0.5) is 5.69 Å². The van der Waals surface area contributed by atoms with Gasteiger partial charge < -0.3 is 14.8 Å². The Morgan fingerprint density at radius 1 is 1.24 bits per heavy atom. The number of rotatable bonds is 1. The monoisotopic (exact) mass is 283 g/mol. The SMILES string of the molecule is CC1C(=O)Nc2ccccc2CN1C(=O)c1cccn1C. The van der Waals surface area contributed by atoms with Gasteiger partial charge in [0.05, 0.1) is 0 Å². The van der Waals surface area contributed by atoms with E-state index in [0.717, 1.165) is 11.3 Å². The molecule has 1 aromatic heterocycles. The van der Waals surface area contributed by atoms with Gasteiger partial charge in [-0.25, -0.2) is 0 Å². The molecule has 1 aliphatic heterocycles. The minimum Gasteiger partial charge on any atom is -0.347 e. The first kappa shape index (κ1) is 13.4. The first-order chi connectivity index (χ1) is 10.1. The maximum atomic E-state index is 12.7. The molecule has 1 atom stereocenters. The van der Waals surface area contributed by atoms with Gasteiger partial charge in [0.2, 0.25) is 5.91 Å². The Morgan fingerprint density at radius 2 is 2.00 bits per heavy atom. The normalized spacial score (nSPS) is 17.9. The highest BCUT2D eigenvalue weighted by molar-refractivity contribution is 6.01. The Bertz CT molecular complexity index is 705. The number of nitrogens with one attached hydrogen (secondary N) is 1. The molecule has 1 unspecified atom stereocenters. The number of nitrogens with zero attached hydrogens (tertiary/aromatic N) is 2. The van der Waals surface area contributed by atoms with Crippen LogP contribution in [0.15, 0.2) is 42.6 Å². The van der Waals surface area contributed by atoms with Crippen LogP contribution < -0.4 is 5.32 Å². The molecule has 0 bridgehead atoms. The van der Waals surface area contributed by atoms with Gasteiger partial charge >= 0.3 is 0 Å². The summed E-state index contributed by atoms with van der Waals surface area (Å²) in [6.07, 6.45) is 1.82. The van der Waals surface area contributed by atoms with Crippen molar-refractivity contribution in [3.63, 3.8) is 0 Å². The summed E-state index contributed by atoms with van der Waals surface area (Å²) >= 11 is 0. The predicted molar refractivity (Wildman–Crippen MR) is 79.8 cm³/mol. The molecule has 108 valence electrons. The zero-order valence-electron chi connectivity index (χ0n) is 12.0. The average Bonchev–Trinajstić information content (AvgIpc) is 2.85. The third-order valence-electron chi connectivity index (χ3n) is 3.89. The Labute approximate surface area is 123 Å². The number of carbonyl (C=O) groups is 2. The standard InChI is InChI=1S/C16H17N3O2/c1-11-15(20)17-13-7-4-3-6-12(13)10-19(11)16(21)14-8-5-9-18(14)2/h3-9,11H,10H2,1-2H3,(H,17,20). The summed E-state index contributed by atoms with van der Waals surface area (Å²) in [4.78, 5) is 26.6. The fourth-order valence-corrected chi connectivity index (χ4v) is 2.56. The first-order valence-electron chi connectivity index (χ1n) is 6.89. The number of benzene rings is 1. The van der Waals surface area contributed by atoms with E-state index in [4.69, 9.17) is 0 Å². The third kappa shape index (κ3) is 2.31. The summed E-state index contributed by atoms with van der Waals surface area (Å²) in [5.41, 5.74) is 2.29. The van der Waals surface area contributed by atoms with Gasteiger partial charge in [0, 0.05) is 25.5 Å². The molecular formula is C16H17N3O2. The van der Waals surface area contributed by atoms with Gasteiger partial charge in [-0.15, -0.1) is 0 Å². The van der Waals surface area contributed by atoms with Crippen LogP contribution in [0.2, 0.25) is 0 Å². The Morgan fingerprint density at radius 3 is 2.71 bits per heavy atom. The maximum absolute atomic E-state index is 12.7. The van der Waals surface area contributed by atoms with Crippen LogP contribution in [0.25, 0.3) is 0 Å². The van der Waals surface area contributed by atoms with Crippen LogP contribution in [0.3, 0.4) is 0 Å². The number of aromatic nitrogens is 1. The Kier molecular flexibility index (Phi) is 3.25. The van der Waals surface area contributed by atoms with Crippen molar-refractivity contribution in [2.75, 3.05) is 5.32 Å². The molecule has 2 heterocycles.